The Morgan fingerprint density at radius 2 is 1.85 bits per heavy atom. The second-order valence-corrected chi connectivity index (χ2v) is 8.15. The predicted octanol–water partition coefficient (Wildman–Crippen LogP) is 3.92. The van der Waals surface area contributed by atoms with Gasteiger partial charge in [0, 0.05) is 30.8 Å². The number of rotatable bonds is 7. The molecule has 0 aromatic heterocycles. The molecule has 2 atom stereocenters. The van der Waals surface area contributed by atoms with E-state index in [-0.39, 0.29) is 23.6 Å². The highest BCUT2D eigenvalue weighted by Crippen LogP contribution is 2.32. The molecule has 34 heavy (non-hydrogen) atoms. The number of likely N-dealkylation sites (tertiary alicyclic amines) is 1. The summed E-state index contributed by atoms with van der Waals surface area (Å²) in [4.78, 5) is 27.0. The van der Waals surface area contributed by atoms with Crippen LogP contribution in [0.15, 0.2) is 36.4 Å². The molecule has 3 rings (SSSR count). The number of nitrogens with one attached hydrogen (secondary N) is 1. The average Bonchev–Trinajstić information content (AvgIpc) is 3.20. The number of methoxy groups -OCH3 is 3. The van der Waals surface area contributed by atoms with Crippen LogP contribution in [0.25, 0.3) is 0 Å². The molecule has 0 saturated carbocycles. The Bertz CT molecular complexity index is 1060. The molecular weight excluding hydrogens is 477 g/mol. The van der Waals surface area contributed by atoms with Crippen LogP contribution in [0.4, 0.5) is 13.2 Å². The fourth-order valence-electron chi connectivity index (χ4n) is 3.90. The van der Waals surface area contributed by atoms with Crippen molar-refractivity contribution >= 4 is 23.5 Å². The van der Waals surface area contributed by atoms with Crippen molar-refractivity contribution in [2.24, 2.45) is 0 Å². The van der Waals surface area contributed by atoms with Crippen molar-refractivity contribution in [2.75, 3.05) is 27.9 Å². The molecule has 0 bridgehead atoms. The van der Waals surface area contributed by atoms with Crippen LogP contribution in [-0.2, 0) is 22.3 Å². The van der Waals surface area contributed by atoms with Crippen LogP contribution in [-0.4, -0.2) is 56.7 Å². The zero-order chi connectivity index (χ0) is 25.0. The van der Waals surface area contributed by atoms with Gasteiger partial charge in [-0.25, -0.2) is 0 Å². The third-order valence-corrected chi connectivity index (χ3v) is 5.95. The minimum absolute atomic E-state index is 0.104. The summed E-state index contributed by atoms with van der Waals surface area (Å²) < 4.78 is 54.7. The van der Waals surface area contributed by atoms with Gasteiger partial charge in [0.05, 0.1) is 37.5 Å². The second-order valence-electron chi connectivity index (χ2n) is 7.74. The molecule has 0 radical (unpaired) electrons. The van der Waals surface area contributed by atoms with Gasteiger partial charge in [-0.15, -0.1) is 0 Å². The van der Waals surface area contributed by atoms with Crippen molar-refractivity contribution in [1.82, 2.24) is 10.2 Å². The van der Waals surface area contributed by atoms with E-state index < -0.39 is 35.7 Å². The van der Waals surface area contributed by atoms with E-state index in [1.807, 2.05) is 4.90 Å². The SMILES string of the molecule is COC(=O)[C@@H]1C[C@H](NC(=O)c2cc(C(F)(F)F)ccc2Cl)CN1Cc1ccc(OC)cc1OC. The first kappa shape index (κ1) is 25.6. The molecule has 1 heterocycles. The standard InChI is InChI=1S/C23H24ClF3N2O5/c1-32-16-6-4-13(20(10-16)33-2)11-29-12-15(9-19(29)22(31)34-3)28-21(30)17-8-14(23(25,26)27)5-7-18(17)24/h4-8,10,15,19H,9,11-12H2,1-3H3,(H,28,30)/t15-,19-/m0/s1. The van der Waals surface area contributed by atoms with Crippen LogP contribution in [0.2, 0.25) is 5.02 Å². The van der Waals surface area contributed by atoms with E-state index in [0.717, 1.165) is 17.7 Å². The molecule has 1 aliphatic rings. The zero-order valence-corrected chi connectivity index (χ0v) is 19.5. The minimum Gasteiger partial charge on any atom is -0.497 e. The molecule has 2 aromatic carbocycles. The van der Waals surface area contributed by atoms with Crippen molar-refractivity contribution in [3.63, 3.8) is 0 Å². The van der Waals surface area contributed by atoms with E-state index in [2.05, 4.69) is 5.32 Å². The Labute approximate surface area is 199 Å². The number of hydrogen-bond acceptors (Lipinski definition) is 6. The maximum Gasteiger partial charge on any atom is 0.416 e. The minimum atomic E-state index is -4.61. The third kappa shape index (κ3) is 5.74. The molecule has 0 aliphatic carbocycles. The number of carbonyl (C=O) groups is 2. The van der Waals surface area contributed by atoms with Gasteiger partial charge in [0.25, 0.3) is 5.91 Å². The van der Waals surface area contributed by atoms with E-state index in [4.69, 9.17) is 25.8 Å². The molecule has 1 fully saturated rings. The Kier molecular flexibility index (Phi) is 7.93. The maximum atomic E-state index is 13.1. The molecule has 1 N–H and O–H groups in total. The molecule has 7 nitrogen and oxygen atoms in total. The monoisotopic (exact) mass is 500 g/mol. The number of amides is 1. The number of halogens is 4. The fourth-order valence-corrected chi connectivity index (χ4v) is 4.11. The van der Waals surface area contributed by atoms with Gasteiger partial charge in [-0.3, -0.25) is 14.5 Å². The summed E-state index contributed by atoms with van der Waals surface area (Å²) in [5.41, 5.74) is -0.486. The summed E-state index contributed by atoms with van der Waals surface area (Å²) in [6.45, 7) is 0.570. The number of ether oxygens (including phenoxy) is 3. The molecule has 1 amide bonds. The number of hydrogen-bond donors (Lipinski definition) is 1. The summed E-state index contributed by atoms with van der Waals surface area (Å²) >= 11 is 5.99. The Morgan fingerprint density at radius 1 is 1.12 bits per heavy atom. The summed E-state index contributed by atoms with van der Waals surface area (Å²) in [5, 5.41) is 2.59. The maximum absolute atomic E-state index is 13.1. The Hall–Kier alpha value is -2.98. The second kappa shape index (κ2) is 10.5. The van der Waals surface area contributed by atoms with Gasteiger partial charge < -0.3 is 19.5 Å². The Balaban J connectivity index is 1.79. The molecule has 184 valence electrons. The van der Waals surface area contributed by atoms with Crippen LogP contribution in [0.1, 0.15) is 27.9 Å². The summed E-state index contributed by atoms with van der Waals surface area (Å²) in [6, 6.07) is 6.65. The zero-order valence-electron chi connectivity index (χ0n) is 18.7. The normalized spacial score (nSPS) is 18.4. The smallest absolute Gasteiger partial charge is 0.416 e. The van der Waals surface area contributed by atoms with E-state index in [0.29, 0.717) is 24.1 Å². The first-order valence-electron chi connectivity index (χ1n) is 10.3. The average molecular weight is 501 g/mol. The van der Waals surface area contributed by atoms with Crippen LogP contribution in [0.3, 0.4) is 0 Å². The third-order valence-electron chi connectivity index (χ3n) is 5.62. The van der Waals surface area contributed by atoms with Gasteiger partial charge in [-0.1, -0.05) is 17.7 Å². The fraction of sp³-hybridized carbons (Fsp3) is 0.391. The topological polar surface area (TPSA) is 77.1 Å². The van der Waals surface area contributed by atoms with Crippen molar-refractivity contribution in [1.29, 1.82) is 0 Å². The van der Waals surface area contributed by atoms with E-state index in [1.165, 1.54) is 21.3 Å². The number of nitrogens with zero attached hydrogens (tertiary/aromatic N) is 1. The number of carbonyl (C=O) groups excluding carboxylic acids is 2. The van der Waals surface area contributed by atoms with Crippen molar-refractivity contribution in [3.8, 4) is 11.5 Å². The molecule has 0 spiro atoms. The van der Waals surface area contributed by atoms with Crippen LogP contribution in [0, 0.1) is 0 Å². The lowest BCUT2D eigenvalue weighted by molar-refractivity contribution is -0.146. The lowest BCUT2D eigenvalue weighted by atomic mass is 10.1. The van der Waals surface area contributed by atoms with E-state index in [1.54, 1.807) is 18.2 Å². The van der Waals surface area contributed by atoms with Gasteiger partial charge in [0.15, 0.2) is 0 Å². The van der Waals surface area contributed by atoms with Gasteiger partial charge >= 0.3 is 12.1 Å². The quantitative estimate of drug-likeness (QED) is 0.581. The van der Waals surface area contributed by atoms with Crippen LogP contribution < -0.4 is 14.8 Å². The molecule has 2 aromatic rings. The largest absolute Gasteiger partial charge is 0.497 e. The number of benzene rings is 2. The molecule has 1 aliphatic heterocycles. The summed E-state index contributed by atoms with van der Waals surface area (Å²) in [5.74, 6) is -0.0734. The molecule has 11 heteroatoms. The summed E-state index contributed by atoms with van der Waals surface area (Å²) in [6.07, 6.45) is -4.40. The van der Waals surface area contributed by atoms with E-state index >= 15 is 0 Å². The highest BCUT2D eigenvalue weighted by Gasteiger charge is 2.39. The first-order valence-corrected chi connectivity index (χ1v) is 10.7. The highest BCUT2D eigenvalue weighted by molar-refractivity contribution is 6.33. The Morgan fingerprint density at radius 3 is 2.47 bits per heavy atom. The lowest BCUT2D eigenvalue weighted by Gasteiger charge is -2.23. The number of esters is 1. The summed E-state index contributed by atoms with van der Waals surface area (Å²) in [7, 11) is 4.32. The van der Waals surface area contributed by atoms with Crippen molar-refractivity contribution in [2.45, 2.75) is 31.2 Å². The van der Waals surface area contributed by atoms with Crippen molar-refractivity contribution < 1.29 is 37.0 Å². The highest BCUT2D eigenvalue weighted by atomic mass is 35.5. The molecular formula is C23H24ClF3N2O5. The van der Waals surface area contributed by atoms with Gasteiger partial charge in [-0.05, 0) is 30.7 Å². The van der Waals surface area contributed by atoms with Gasteiger partial charge in [0.1, 0.15) is 17.5 Å². The van der Waals surface area contributed by atoms with Crippen LogP contribution in [0.5, 0.6) is 11.5 Å². The van der Waals surface area contributed by atoms with Crippen molar-refractivity contribution in [3.05, 3.63) is 58.1 Å². The van der Waals surface area contributed by atoms with E-state index in [9.17, 15) is 22.8 Å². The van der Waals surface area contributed by atoms with Gasteiger partial charge in [-0.2, -0.15) is 13.2 Å². The lowest BCUT2D eigenvalue weighted by Crippen LogP contribution is -2.38. The molecule has 1 saturated heterocycles. The first-order chi connectivity index (χ1) is 16.1. The predicted molar refractivity (Wildman–Crippen MR) is 118 cm³/mol. The van der Waals surface area contributed by atoms with Crippen LogP contribution >= 0.6 is 11.6 Å². The van der Waals surface area contributed by atoms with Gasteiger partial charge in [0.2, 0.25) is 0 Å². The number of alkyl halides is 3. The molecule has 0 unspecified atom stereocenters.